The molecule has 1 heterocycles. The quantitative estimate of drug-likeness (QED) is 0.827. The maximum Gasteiger partial charge on any atom is 0.243 e. The van der Waals surface area contributed by atoms with Crippen LogP contribution in [0, 0.1) is 0 Å². The highest BCUT2D eigenvalue weighted by molar-refractivity contribution is 7.89. The lowest BCUT2D eigenvalue weighted by molar-refractivity contribution is -0.114. The number of carbonyl (C=O) groups is 1. The Morgan fingerprint density at radius 3 is 2.17 bits per heavy atom. The van der Waals surface area contributed by atoms with Crippen molar-refractivity contribution in [2.24, 2.45) is 0 Å². The second-order valence-corrected chi connectivity index (χ2v) is 7.78. The van der Waals surface area contributed by atoms with E-state index in [1.165, 1.54) is 23.4 Å². The molecule has 0 aromatic heterocycles. The third kappa shape index (κ3) is 4.63. The van der Waals surface area contributed by atoms with Gasteiger partial charge in [0, 0.05) is 45.3 Å². The number of hydrogen-bond donors (Lipinski definition) is 1. The highest BCUT2D eigenvalue weighted by Gasteiger charge is 2.28. The van der Waals surface area contributed by atoms with E-state index in [-0.39, 0.29) is 10.8 Å². The van der Waals surface area contributed by atoms with Gasteiger partial charge in [0.05, 0.1) is 4.90 Å². The number of benzene rings is 1. The fourth-order valence-electron chi connectivity index (χ4n) is 2.57. The predicted octanol–water partition coefficient (Wildman–Crippen LogP) is 1.53. The lowest BCUT2D eigenvalue weighted by Gasteiger charge is -2.34. The third-order valence-electron chi connectivity index (χ3n) is 3.64. The van der Waals surface area contributed by atoms with Gasteiger partial charge in [-0.05, 0) is 31.2 Å². The van der Waals surface area contributed by atoms with E-state index < -0.39 is 10.0 Å². The van der Waals surface area contributed by atoms with Crippen molar-refractivity contribution in [3.8, 4) is 0 Å². The van der Waals surface area contributed by atoms with Gasteiger partial charge >= 0.3 is 0 Å². The van der Waals surface area contributed by atoms with Crippen LogP contribution < -0.4 is 5.32 Å². The van der Waals surface area contributed by atoms with Crippen molar-refractivity contribution < 1.29 is 13.2 Å². The number of anilines is 1. The van der Waals surface area contributed by atoms with Gasteiger partial charge in [0.25, 0.3) is 0 Å². The van der Waals surface area contributed by atoms with Gasteiger partial charge in [-0.15, -0.1) is 0 Å². The Kier molecular flexibility index (Phi) is 5.56. The molecule has 1 aliphatic rings. The van der Waals surface area contributed by atoms with Crippen LogP contribution in [-0.4, -0.2) is 56.3 Å². The summed E-state index contributed by atoms with van der Waals surface area (Å²) in [6.07, 6.45) is 0. The van der Waals surface area contributed by atoms with Crippen LogP contribution in [0.5, 0.6) is 0 Å². The Labute approximate surface area is 137 Å². The van der Waals surface area contributed by atoms with E-state index in [9.17, 15) is 13.2 Å². The molecular formula is C16H23N3O3S. The fraction of sp³-hybridized carbons (Fsp3) is 0.438. The Hall–Kier alpha value is -1.70. The Bertz CT molecular complexity index is 675. The zero-order chi connectivity index (χ0) is 17.0. The number of piperazine rings is 1. The van der Waals surface area contributed by atoms with Crippen molar-refractivity contribution in [3.63, 3.8) is 0 Å². The van der Waals surface area contributed by atoms with Crippen molar-refractivity contribution in [1.29, 1.82) is 0 Å². The first kappa shape index (κ1) is 17.7. The van der Waals surface area contributed by atoms with E-state index in [4.69, 9.17) is 0 Å². The molecule has 0 radical (unpaired) electrons. The first-order chi connectivity index (χ1) is 10.8. The molecule has 7 heteroatoms. The molecule has 0 aliphatic carbocycles. The van der Waals surface area contributed by atoms with E-state index in [1.54, 1.807) is 12.1 Å². The third-order valence-corrected chi connectivity index (χ3v) is 5.55. The summed E-state index contributed by atoms with van der Waals surface area (Å²) < 4.78 is 26.8. The first-order valence-electron chi connectivity index (χ1n) is 7.53. The monoisotopic (exact) mass is 337 g/mol. The van der Waals surface area contributed by atoms with E-state index in [2.05, 4.69) is 16.8 Å². The fourth-order valence-corrected chi connectivity index (χ4v) is 3.99. The number of nitrogens with one attached hydrogen (secondary N) is 1. The summed E-state index contributed by atoms with van der Waals surface area (Å²) in [4.78, 5) is 13.5. The Morgan fingerprint density at radius 2 is 1.70 bits per heavy atom. The Morgan fingerprint density at radius 1 is 1.13 bits per heavy atom. The van der Waals surface area contributed by atoms with Crippen LogP contribution in [0.15, 0.2) is 41.3 Å². The number of hydrogen-bond acceptors (Lipinski definition) is 4. The first-order valence-corrected chi connectivity index (χ1v) is 8.97. The van der Waals surface area contributed by atoms with Gasteiger partial charge in [0.2, 0.25) is 15.9 Å². The van der Waals surface area contributed by atoms with E-state index >= 15 is 0 Å². The van der Waals surface area contributed by atoms with Gasteiger partial charge in [-0.2, -0.15) is 4.31 Å². The molecule has 0 saturated carbocycles. The van der Waals surface area contributed by atoms with Crippen LogP contribution in [0.1, 0.15) is 13.8 Å². The van der Waals surface area contributed by atoms with Gasteiger partial charge in [0.1, 0.15) is 0 Å². The summed E-state index contributed by atoms with van der Waals surface area (Å²) in [7, 11) is -3.49. The van der Waals surface area contributed by atoms with Crippen molar-refractivity contribution in [3.05, 3.63) is 36.4 Å². The van der Waals surface area contributed by atoms with E-state index in [1.807, 2.05) is 6.92 Å². The molecule has 6 nitrogen and oxygen atoms in total. The van der Waals surface area contributed by atoms with Crippen LogP contribution in [0.2, 0.25) is 0 Å². The highest BCUT2D eigenvalue weighted by Crippen LogP contribution is 2.20. The zero-order valence-electron chi connectivity index (χ0n) is 13.6. The van der Waals surface area contributed by atoms with Crippen molar-refractivity contribution in [1.82, 2.24) is 9.21 Å². The molecule has 0 unspecified atom stereocenters. The molecule has 1 amide bonds. The summed E-state index contributed by atoms with van der Waals surface area (Å²) in [5.41, 5.74) is 1.66. The number of sulfonamides is 1. The number of carbonyl (C=O) groups excluding carboxylic acids is 1. The summed E-state index contributed by atoms with van der Waals surface area (Å²) in [5.74, 6) is -0.186. The van der Waals surface area contributed by atoms with Crippen LogP contribution >= 0.6 is 0 Å². The second kappa shape index (κ2) is 7.25. The molecule has 23 heavy (non-hydrogen) atoms. The minimum atomic E-state index is -3.49. The largest absolute Gasteiger partial charge is 0.326 e. The van der Waals surface area contributed by atoms with Crippen molar-refractivity contribution in [2.75, 3.05) is 38.0 Å². The normalized spacial score (nSPS) is 17.0. The van der Waals surface area contributed by atoms with Gasteiger partial charge in [-0.25, -0.2) is 8.42 Å². The maximum atomic E-state index is 12.7. The van der Waals surface area contributed by atoms with Gasteiger partial charge < -0.3 is 5.32 Å². The number of rotatable bonds is 5. The summed E-state index contributed by atoms with van der Waals surface area (Å²) >= 11 is 0. The molecule has 0 bridgehead atoms. The topological polar surface area (TPSA) is 69.7 Å². The molecule has 126 valence electrons. The van der Waals surface area contributed by atoms with Gasteiger partial charge in [-0.3, -0.25) is 9.69 Å². The lowest BCUT2D eigenvalue weighted by atomic mass is 10.3. The SMILES string of the molecule is C=C(C)CN1CCN(S(=O)(=O)c2ccc(NC(C)=O)cc2)CC1. The Balaban J connectivity index is 2.04. The molecule has 2 rings (SSSR count). The molecule has 1 fully saturated rings. The van der Waals surface area contributed by atoms with Gasteiger partial charge in [0.15, 0.2) is 0 Å². The lowest BCUT2D eigenvalue weighted by Crippen LogP contribution is -2.48. The van der Waals surface area contributed by atoms with Crippen LogP contribution in [0.25, 0.3) is 0 Å². The number of nitrogens with zero attached hydrogens (tertiary/aromatic N) is 2. The molecule has 1 saturated heterocycles. The zero-order valence-corrected chi connectivity index (χ0v) is 14.4. The summed E-state index contributed by atoms with van der Waals surface area (Å²) in [6.45, 7) is 10.4. The van der Waals surface area contributed by atoms with E-state index in [0.717, 1.165) is 12.1 Å². The second-order valence-electron chi connectivity index (χ2n) is 5.84. The average molecular weight is 337 g/mol. The van der Waals surface area contributed by atoms with Crippen LogP contribution in [0.3, 0.4) is 0 Å². The smallest absolute Gasteiger partial charge is 0.243 e. The molecule has 1 aromatic rings. The summed E-state index contributed by atoms with van der Waals surface area (Å²) in [5, 5.41) is 2.62. The average Bonchev–Trinajstić information content (AvgIpc) is 2.47. The van der Waals surface area contributed by atoms with Gasteiger partial charge in [-0.1, -0.05) is 12.2 Å². The maximum absolute atomic E-state index is 12.7. The van der Waals surface area contributed by atoms with Crippen molar-refractivity contribution in [2.45, 2.75) is 18.7 Å². The molecule has 1 aromatic carbocycles. The van der Waals surface area contributed by atoms with Crippen LogP contribution in [-0.2, 0) is 14.8 Å². The minimum absolute atomic E-state index is 0.186. The molecule has 1 N–H and O–H groups in total. The minimum Gasteiger partial charge on any atom is -0.326 e. The predicted molar refractivity (Wildman–Crippen MR) is 90.8 cm³/mol. The summed E-state index contributed by atoms with van der Waals surface area (Å²) in [6, 6.07) is 6.26. The van der Waals surface area contributed by atoms with Crippen molar-refractivity contribution >= 4 is 21.6 Å². The highest BCUT2D eigenvalue weighted by atomic mass is 32.2. The number of amides is 1. The molecule has 1 aliphatic heterocycles. The molecule has 0 atom stereocenters. The van der Waals surface area contributed by atoms with E-state index in [0.29, 0.717) is 31.9 Å². The molecular weight excluding hydrogens is 314 g/mol. The standard InChI is InChI=1S/C16H23N3O3S/c1-13(2)12-18-8-10-19(11-9-18)23(21,22)16-6-4-15(5-7-16)17-14(3)20/h4-7H,1,8-12H2,2-3H3,(H,17,20). The van der Waals surface area contributed by atoms with Crippen LogP contribution in [0.4, 0.5) is 5.69 Å². The molecule has 0 spiro atoms.